The van der Waals surface area contributed by atoms with Crippen molar-refractivity contribution in [2.45, 2.75) is 25.8 Å². The SMILES string of the molecule is CCC(N)CC(=O)N1CCNC(=O)C1. The molecule has 5 nitrogen and oxygen atoms in total. The predicted molar refractivity (Wildman–Crippen MR) is 52.5 cm³/mol. The number of rotatable bonds is 3. The fourth-order valence-electron chi connectivity index (χ4n) is 1.35. The molecule has 0 aromatic carbocycles. The molecule has 1 atom stereocenters. The molecule has 0 aromatic heterocycles. The zero-order chi connectivity index (χ0) is 10.6. The summed E-state index contributed by atoms with van der Waals surface area (Å²) in [6.45, 7) is 3.27. The number of carbonyl (C=O) groups is 2. The minimum Gasteiger partial charge on any atom is -0.353 e. The van der Waals surface area contributed by atoms with E-state index >= 15 is 0 Å². The molecule has 2 amide bonds. The topological polar surface area (TPSA) is 75.4 Å². The summed E-state index contributed by atoms with van der Waals surface area (Å²) in [6.07, 6.45) is 1.12. The lowest BCUT2D eigenvalue weighted by Gasteiger charge is -2.27. The zero-order valence-electron chi connectivity index (χ0n) is 8.45. The van der Waals surface area contributed by atoms with Crippen LogP contribution in [0.3, 0.4) is 0 Å². The summed E-state index contributed by atoms with van der Waals surface area (Å²) in [5, 5.41) is 2.67. The molecule has 80 valence electrons. The molecule has 1 rings (SSSR count). The van der Waals surface area contributed by atoms with Crippen LogP contribution in [-0.4, -0.2) is 42.4 Å². The van der Waals surface area contributed by atoms with Gasteiger partial charge in [0.2, 0.25) is 11.8 Å². The van der Waals surface area contributed by atoms with E-state index in [-0.39, 0.29) is 24.4 Å². The Bertz CT molecular complexity index is 230. The van der Waals surface area contributed by atoms with Crippen molar-refractivity contribution in [1.82, 2.24) is 10.2 Å². The van der Waals surface area contributed by atoms with Crippen molar-refractivity contribution < 1.29 is 9.59 Å². The Morgan fingerprint density at radius 2 is 2.43 bits per heavy atom. The van der Waals surface area contributed by atoms with Crippen molar-refractivity contribution in [1.29, 1.82) is 0 Å². The van der Waals surface area contributed by atoms with Gasteiger partial charge in [0.25, 0.3) is 0 Å². The smallest absolute Gasteiger partial charge is 0.239 e. The second-order valence-corrected chi connectivity index (χ2v) is 3.54. The highest BCUT2D eigenvalue weighted by Crippen LogP contribution is 2.01. The van der Waals surface area contributed by atoms with Gasteiger partial charge in [-0.15, -0.1) is 0 Å². The first-order valence-electron chi connectivity index (χ1n) is 4.93. The Balaban J connectivity index is 2.39. The summed E-state index contributed by atoms with van der Waals surface area (Å²) in [7, 11) is 0. The van der Waals surface area contributed by atoms with Crippen LogP contribution in [-0.2, 0) is 9.59 Å². The monoisotopic (exact) mass is 199 g/mol. The number of piperazine rings is 1. The van der Waals surface area contributed by atoms with Crippen LogP contribution >= 0.6 is 0 Å². The lowest BCUT2D eigenvalue weighted by atomic mass is 10.1. The van der Waals surface area contributed by atoms with Crippen LogP contribution < -0.4 is 11.1 Å². The summed E-state index contributed by atoms with van der Waals surface area (Å²) in [4.78, 5) is 24.1. The third-order valence-electron chi connectivity index (χ3n) is 2.35. The molecule has 0 aliphatic carbocycles. The largest absolute Gasteiger partial charge is 0.353 e. The van der Waals surface area contributed by atoms with Crippen molar-refractivity contribution in [2.24, 2.45) is 5.73 Å². The second-order valence-electron chi connectivity index (χ2n) is 3.54. The maximum atomic E-state index is 11.6. The molecule has 0 spiro atoms. The van der Waals surface area contributed by atoms with Crippen LogP contribution in [0.25, 0.3) is 0 Å². The number of hydrogen-bond acceptors (Lipinski definition) is 3. The molecule has 1 saturated heterocycles. The lowest BCUT2D eigenvalue weighted by molar-refractivity contribution is -0.138. The predicted octanol–water partition coefficient (Wildman–Crippen LogP) is -0.928. The molecule has 0 radical (unpaired) electrons. The van der Waals surface area contributed by atoms with Gasteiger partial charge in [0.05, 0.1) is 6.54 Å². The van der Waals surface area contributed by atoms with Gasteiger partial charge in [-0.25, -0.2) is 0 Å². The number of hydrogen-bond donors (Lipinski definition) is 2. The Kier molecular flexibility index (Phi) is 3.88. The summed E-state index contributed by atoms with van der Waals surface area (Å²) in [6, 6.07) is -0.0903. The summed E-state index contributed by atoms with van der Waals surface area (Å²) < 4.78 is 0. The fourth-order valence-corrected chi connectivity index (χ4v) is 1.35. The Hall–Kier alpha value is -1.10. The van der Waals surface area contributed by atoms with E-state index in [1.54, 1.807) is 4.90 Å². The maximum absolute atomic E-state index is 11.6. The highest BCUT2D eigenvalue weighted by molar-refractivity contribution is 5.86. The first-order chi connectivity index (χ1) is 6.63. The van der Waals surface area contributed by atoms with Crippen molar-refractivity contribution >= 4 is 11.8 Å². The first kappa shape index (κ1) is 11.0. The number of amides is 2. The molecule has 0 saturated carbocycles. The highest BCUT2D eigenvalue weighted by Gasteiger charge is 2.21. The molecular formula is C9H17N3O2. The number of nitrogens with zero attached hydrogens (tertiary/aromatic N) is 1. The molecule has 1 heterocycles. The molecule has 1 unspecified atom stereocenters. The highest BCUT2D eigenvalue weighted by atomic mass is 16.2. The van der Waals surface area contributed by atoms with Gasteiger partial charge >= 0.3 is 0 Å². The number of carbonyl (C=O) groups excluding carboxylic acids is 2. The summed E-state index contributed by atoms with van der Waals surface area (Å²) in [5.41, 5.74) is 5.67. The molecule has 1 aliphatic rings. The van der Waals surface area contributed by atoms with Crippen LogP contribution in [0, 0.1) is 0 Å². The molecular weight excluding hydrogens is 182 g/mol. The third kappa shape index (κ3) is 2.99. The minimum absolute atomic E-state index is 0.0193. The van der Waals surface area contributed by atoms with E-state index in [9.17, 15) is 9.59 Å². The standard InChI is InChI=1S/C9H17N3O2/c1-2-7(10)5-9(14)12-4-3-11-8(13)6-12/h7H,2-6,10H2,1H3,(H,11,13). The third-order valence-corrected chi connectivity index (χ3v) is 2.35. The van der Waals surface area contributed by atoms with Gasteiger partial charge in [-0.1, -0.05) is 6.92 Å². The minimum atomic E-state index is -0.0903. The second kappa shape index (κ2) is 4.95. The number of nitrogens with two attached hydrogens (primary N) is 1. The van der Waals surface area contributed by atoms with Gasteiger partial charge in [0.1, 0.15) is 0 Å². The molecule has 1 aliphatic heterocycles. The van der Waals surface area contributed by atoms with Crippen LogP contribution in [0.15, 0.2) is 0 Å². The van der Waals surface area contributed by atoms with E-state index in [4.69, 9.17) is 5.73 Å². The van der Waals surface area contributed by atoms with E-state index in [1.807, 2.05) is 6.92 Å². The molecule has 0 aromatic rings. The van der Waals surface area contributed by atoms with Crippen LogP contribution in [0.1, 0.15) is 19.8 Å². The van der Waals surface area contributed by atoms with E-state index in [0.29, 0.717) is 19.5 Å². The van der Waals surface area contributed by atoms with Crippen molar-refractivity contribution in [3.8, 4) is 0 Å². The van der Waals surface area contributed by atoms with E-state index in [1.165, 1.54) is 0 Å². The van der Waals surface area contributed by atoms with Crippen molar-refractivity contribution in [3.63, 3.8) is 0 Å². The van der Waals surface area contributed by atoms with E-state index in [0.717, 1.165) is 6.42 Å². The molecule has 0 bridgehead atoms. The fraction of sp³-hybridized carbons (Fsp3) is 0.778. The lowest BCUT2D eigenvalue weighted by Crippen LogP contribution is -2.50. The average molecular weight is 199 g/mol. The van der Waals surface area contributed by atoms with Crippen LogP contribution in [0.4, 0.5) is 0 Å². The van der Waals surface area contributed by atoms with E-state index < -0.39 is 0 Å². The van der Waals surface area contributed by atoms with Gasteiger partial charge in [-0.3, -0.25) is 9.59 Å². The quantitative estimate of drug-likeness (QED) is 0.616. The van der Waals surface area contributed by atoms with Crippen LogP contribution in [0.2, 0.25) is 0 Å². The summed E-state index contributed by atoms with van der Waals surface area (Å²) in [5.74, 6) is -0.108. The van der Waals surface area contributed by atoms with Gasteiger partial charge < -0.3 is 16.0 Å². The van der Waals surface area contributed by atoms with Gasteiger partial charge in [-0.2, -0.15) is 0 Å². The van der Waals surface area contributed by atoms with Gasteiger partial charge in [0, 0.05) is 25.6 Å². The van der Waals surface area contributed by atoms with Crippen molar-refractivity contribution in [3.05, 3.63) is 0 Å². The first-order valence-corrected chi connectivity index (χ1v) is 4.93. The Morgan fingerprint density at radius 3 is 3.00 bits per heavy atom. The maximum Gasteiger partial charge on any atom is 0.239 e. The Morgan fingerprint density at radius 1 is 1.71 bits per heavy atom. The van der Waals surface area contributed by atoms with Gasteiger partial charge in [0.15, 0.2) is 0 Å². The van der Waals surface area contributed by atoms with E-state index in [2.05, 4.69) is 5.32 Å². The molecule has 5 heteroatoms. The molecule has 1 fully saturated rings. The van der Waals surface area contributed by atoms with Crippen molar-refractivity contribution in [2.75, 3.05) is 19.6 Å². The molecule has 3 N–H and O–H groups in total. The Labute approximate surface area is 83.6 Å². The zero-order valence-corrected chi connectivity index (χ0v) is 8.45. The summed E-state index contributed by atoms with van der Waals surface area (Å²) >= 11 is 0. The molecule has 14 heavy (non-hydrogen) atoms. The van der Waals surface area contributed by atoms with Gasteiger partial charge in [-0.05, 0) is 6.42 Å². The average Bonchev–Trinajstić information content (AvgIpc) is 2.17. The normalized spacial score (nSPS) is 19.0. The van der Waals surface area contributed by atoms with Crippen LogP contribution in [0.5, 0.6) is 0 Å². The number of nitrogens with one attached hydrogen (secondary N) is 1.